The summed E-state index contributed by atoms with van der Waals surface area (Å²) < 4.78 is 34.4. The summed E-state index contributed by atoms with van der Waals surface area (Å²) in [6.45, 7) is 3.74. The zero-order valence-electron chi connectivity index (χ0n) is 19.1. The Morgan fingerprint density at radius 3 is 2.20 bits per heavy atom. The van der Waals surface area contributed by atoms with Crippen LogP contribution in [0.1, 0.15) is 21.5 Å². The predicted molar refractivity (Wildman–Crippen MR) is 139 cm³/mol. The molecule has 4 aromatic rings. The number of carbonyl (C=O) groups excluding carboxylic acids is 1. The lowest BCUT2D eigenvalue weighted by Crippen LogP contribution is -2.17. The molecule has 178 valence electrons. The van der Waals surface area contributed by atoms with Gasteiger partial charge in [0.05, 0.1) is 10.7 Å². The van der Waals surface area contributed by atoms with Gasteiger partial charge in [0, 0.05) is 11.3 Å². The van der Waals surface area contributed by atoms with E-state index in [1.807, 2.05) is 56.3 Å². The highest BCUT2D eigenvalue weighted by atomic mass is 35.5. The molecule has 0 saturated heterocycles. The normalized spacial score (nSPS) is 11.1. The molecule has 0 fully saturated rings. The highest BCUT2D eigenvalue weighted by Gasteiger charge is 2.21. The summed E-state index contributed by atoms with van der Waals surface area (Å²) in [5.41, 5.74) is 2.92. The maximum Gasteiger partial charge on any atom is 0.263 e. The zero-order valence-corrected chi connectivity index (χ0v) is 20.7. The van der Waals surface area contributed by atoms with Gasteiger partial charge in [0.2, 0.25) is 0 Å². The van der Waals surface area contributed by atoms with Gasteiger partial charge in [0.15, 0.2) is 0 Å². The number of sulfonamides is 1. The highest BCUT2D eigenvalue weighted by molar-refractivity contribution is 7.92. The van der Waals surface area contributed by atoms with Crippen molar-refractivity contribution in [3.05, 3.63) is 113 Å². The van der Waals surface area contributed by atoms with Crippen molar-refractivity contribution in [3.63, 3.8) is 0 Å². The van der Waals surface area contributed by atoms with E-state index >= 15 is 0 Å². The van der Waals surface area contributed by atoms with E-state index in [-0.39, 0.29) is 15.5 Å². The fraction of sp³-hybridized carbons (Fsp3) is 0.0741. The van der Waals surface area contributed by atoms with Gasteiger partial charge in [0.25, 0.3) is 15.9 Å². The molecular weight excluding hydrogens is 484 g/mol. The molecule has 4 rings (SSSR count). The van der Waals surface area contributed by atoms with E-state index in [0.29, 0.717) is 22.9 Å². The highest BCUT2D eigenvalue weighted by Crippen LogP contribution is 2.28. The molecule has 0 spiro atoms. The summed E-state index contributed by atoms with van der Waals surface area (Å²) in [6.07, 6.45) is 0. The standard InChI is InChI=1S/C27H23ClN2O4S/c1-18-8-15-25(19(2)16-18)30-35(32,33)26-17-20(9-14-24(26)28)27(31)29-21-10-12-23(13-11-21)34-22-6-4-3-5-7-22/h3-17,30H,1-2H3,(H,29,31). The molecule has 2 N–H and O–H groups in total. The molecule has 0 radical (unpaired) electrons. The average molecular weight is 507 g/mol. The molecule has 6 nitrogen and oxygen atoms in total. The smallest absolute Gasteiger partial charge is 0.263 e. The lowest BCUT2D eigenvalue weighted by Gasteiger charge is -2.13. The summed E-state index contributed by atoms with van der Waals surface area (Å²) in [5.74, 6) is 0.849. The summed E-state index contributed by atoms with van der Waals surface area (Å²) in [7, 11) is -4.02. The molecule has 0 heterocycles. The number of amides is 1. The molecule has 0 saturated carbocycles. The largest absolute Gasteiger partial charge is 0.457 e. The first-order valence-electron chi connectivity index (χ1n) is 10.8. The van der Waals surface area contributed by atoms with Crippen LogP contribution in [0, 0.1) is 13.8 Å². The van der Waals surface area contributed by atoms with Gasteiger partial charge in [-0.2, -0.15) is 0 Å². The van der Waals surface area contributed by atoms with E-state index in [0.717, 1.165) is 11.1 Å². The molecule has 1 amide bonds. The van der Waals surface area contributed by atoms with Crippen molar-refractivity contribution in [1.82, 2.24) is 0 Å². The minimum atomic E-state index is -4.02. The molecule has 35 heavy (non-hydrogen) atoms. The lowest BCUT2D eigenvalue weighted by molar-refractivity contribution is 0.102. The number of halogens is 1. The minimum Gasteiger partial charge on any atom is -0.457 e. The number of hydrogen-bond donors (Lipinski definition) is 2. The Morgan fingerprint density at radius 2 is 1.51 bits per heavy atom. The van der Waals surface area contributed by atoms with Gasteiger partial charge in [-0.05, 0) is 80.1 Å². The van der Waals surface area contributed by atoms with Crippen LogP contribution in [0.15, 0.2) is 95.9 Å². The Bertz CT molecular complexity index is 1470. The van der Waals surface area contributed by atoms with Gasteiger partial charge in [-0.1, -0.05) is 47.5 Å². The lowest BCUT2D eigenvalue weighted by atomic mass is 10.1. The molecule has 0 aliphatic rings. The van der Waals surface area contributed by atoms with Crippen LogP contribution < -0.4 is 14.8 Å². The van der Waals surface area contributed by atoms with E-state index in [9.17, 15) is 13.2 Å². The number of para-hydroxylation sites is 1. The second-order valence-corrected chi connectivity index (χ2v) is 10.0. The first-order chi connectivity index (χ1) is 16.7. The first-order valence-corrected chi connectivity index (χ1v) is 12.6. The van der Waals surface area contributed by atoms with Crippen molar-refractivity contribution in [2.75, 3.05) is 10.0 Å². The minimum absolute atomic E-state index is 0.0150. The number of nitrogens with one attached hydrogen (secondary N) is 2. The molecule has 4 aromatic carbocycles. The van der Waals surface area contributed by atoms with Crippen LogP contribution in [-0.2, 0) is 10.0 Å². The third kappa shape index (κ3) is 6.01. The topological polar surface area (TPSA) is 84.5 Å². The van der Waals surface area contributed by atoms with Crippen LogP contribution in [-0.4, -0.2) is 14.3 Å². The van der Waals surface area contributed by atoms with Crippen molar-refractivity contribution in [3.8, 4) is 11.5 Å². The first kappa shape index (κ1) is 24.3. The zero-order chi connectivity index (χ0) is 25.0. The van der Waals surface area contributed by atoms with E-state index in [2.05, 4.69) is 10.0 Å². The number of aryl methyl sites for hydroxylation is 2. The fourth-order valence-corrected chi connectivity index (χ4v) is 5.07. The van der Waals surface area contributed by atoms with Crippen LogP contribution in [0.25, 0.3) is 0 Å². The van der Waals surface area contributed by atoms with Crippen molar-refractivity contribution in [1.29, 1.82) is 0 Å². The molecule has 0 unspecified atom stereocenters. The maximum absolute atomic E-state index is 13.0. The average Bonchev–Trinajstić information content (AvgIpc) is 2.83. The molecule has 0 atom stereocenters. The van der Waals surface area contributed by atoms with E-state index in [4.69, 9.17) is 16.3 Å². The third-order valence-electron chi connectivity index (χ3n) is 5.20. The van der Waals surface area contributed by atoms with Crippen molar-refractivity contribution in [2.45, 2.75) is 18.7 Å². The van der Waals surface area contributed by atoms with E-state index < -0.39 is 15.9 Å². The van der Waals surface area contributed by atoms with Gasteiger partial charge in [-0.3, -0.25) is 9.52 Å². The number of carbonyl (C=O) groups is 1. The Morgan fingerprint density at radius 1 is 0.829 bits per heavy atom. The maximum atomic E-state index is 13.0. The van der Waals surface area contributed by atoms with Crippen molar-refractivity contribution >= 4 is 38.9 Å². The summed E-state index contributed by atoms with van der Waals surface area (Å²) in [5, 5.41) is 2.77. The summed E-state index contributed by atoms with van der Waals surface area (Å²) >= 11 is 6.20. The molecular formula is C27H23ClN2O4S. The number of ether oxygens (including phenoxy) is 1. The third-order valence-corrected chi connectivity index (χ3v) is 7.05. The quantitative estimate of drug-likeness (QED) is 0.288. The van der Waals surface area contributed by atoms with Crippen LogP contribution >= 0.6 is 11.6 Å². The van der Waals surface area contributed by atoms with Gasteiger partial charge in [-0.15, -0.1) is 0 Å². The van der Waals surface area contributed by atoms with Gasteiger partial charge in [-0.25, -0.2) is 8.42 Å². The predicted octanol–water partition coefficient (Wildman–Crippen LogP) is 6.80. The fourth-order valence-electron chi connectivity index (χ4n) is 3.41. The second kappa shape index (κ2) is 10.2. The molecule has 0 aliphatic heterocycles. The second-order valence-electron chi connectivity index (χ2n) is 7.96. The molecule has 0 aromatic heterocycles. The monoisotopic (exact) mass is 506 g/mol. The van der Waals surface area contributed by atoms with Crippen LogP contribution in [0.2, 0.25) is 5.02 Å². The number of rotatable bonds is 7. The van der Waals surface area contributed by atoms with Crippen molar-refractivity contribution in [2.24, 2.45) is 0 Å². The van der Waals surface area contributed by atoms with E-state index in [1.165, 1.54) is 18.2 Å². The van der Waals surface area contributed by atoms with Gasteiger partial charge >= 0.3 is 0 Å². The van der Waals surface area contributed by atoms with Gasteiger partial charge < -0.3 is 10.1 Å². The van der Waals surface area contributed by atoms with Crippen LogP contribution in [0.3, 0.4) is 0 Å². The Labute approximate surface area is 209 Å². The Hall–Kier alpha value is -3.81. The van der Waals surface area contributed by atoms with E-state index in [1.54, 1.807) is 30.3 Å². The summed E-state index contributed by atoms with van der Waals surface area (Å²) in [6, 6.07) is 25.7. The number of anilines is 2. The SMILES string of the molecule is Cc1ccc(NS(=O)(=O)c2cc(C(=O)Nc3ccc(Oc4ccccc4)cc3)ccc2Cl)c(C)c1. The number of benzene rings is 4. The molecule has 0 bridgehead atoms. The Kier molecular flexibility index (Phi) is 7.10. The van der Waals surface area contributed by atoms with Crippen LogP contribution in [0.5, 0.6) is 11.5 Å². The Balaban J connectivity index is 1.50. The van der Waals surface area contributed by atoms with Gasteiger partial charge in [0.1, 0.15) is 16.4 Å². The summed E-state index contributed by atoms with van der Waals surface area (Å²) in [4.78, 5) is 12.6. The van der Waals surface area contributed by atoms with Crippen molar-refractivity contribution < 1.29 is 17.9 Å². The molecule has 0 aliphatic carbocycles. The van der Waals surface area contributed by atoms with Crippen LogP contribution in [0.4, 0.5) is 11.4 Å². The number of hydrogen-bond acceptors (Lipinski definition) is 4. The molecule has 8 heteroatoms.